The zero-order chi connectivity index (χ0) is 13.9. The number of nitrogens with one attached hydrogen (secondary N) is 1. The quantitative estimate of drug-likeness (QED) is 0.859. The fourth-order valence-electron chi connectivity index (χ4n) is 1.26. The summed E-state index contributed by atoms with van der Waals surface area (Å²) in [6.07, 6.45) is -1.25. The van der Waals surface area contributed by atoms with Crippen LogP contribution < -0.4 is 4.72 Å². The SMILES string of the molecule is C[C@@H](N[S@+]([O-])C(C)(C)C)c1ccnc(C(F)F)c1. The summed E-state index contributed by atoms with van der Waals surface area (Å²) >= 11 is -1.24. The summed E-state index contributed by atoms with van der Waals surface area (Å²) in [5.74, 6) is 0. The van der Waals surface area contributed by atoms with Crippen LogP contribution in [0.2, 0.25) is 0 Å². The van der Waals surface area contributed by atoms with Crippen molar-refractivity contribution in [1.82, 2.24) is 9.71 Å². The van der Waals surface area contributed by atoms with E-state index in [4.69, 9.17) is 0 Å². The van der Waals surface area contributed by atoms with E-state index in [1.165, 1.54) is 12.3 Å². The third kappa shape index (κ3) is 4.19. The van der Waals surface area contributed by atoms with Crippen molar-refractivity contribution in [3.63, 3.8) is 0 Å². The van der Waals surface area contributed by atoms with Crippen molar-refractivity contribution >= 4 is 11.4 Å². The van der Waals surface area contributed by atoms with Crippen LogP contribution in [0.25, 0.3) is 0 Å². The molecule has 1 heterocycles. The lowest BCUT2D eigenvalue weighted by Gasteiger charge is -2.26. The topological polar surface area (TPSA) is 48.0 Å². The summed E-state index contributed by atoms with van der Waals surface area (Å²) in [5, 5.41) is 0. The first kappa shape index (κ1) is 15.3. The maximum atomic E-state index is 12.5. The minimum absolute atomic E-state index is 0.261. The standard InChI is InChI=1S/C12H18F2N2OS/c1-8(16-18(17)12(2,3)4)9-5-6-15-10(7-9)11(13)14/h5-8,11,16H,1-4H3/t8-,18-/m1/s1. The van der Waals surface area contributed by atoms with Gasteiger partial charge in [-0.2, -0.15) is 0 Å². The average Bonchev–Trinajstić information content (AvgIpc) is 2.27. The maximum absolute atomic E-state index is 12.5. The first-order chi connectivity index (χ1) is 8.21. The molecule has 1 aromatic heterocycles. The molecule has 0 spiro atoms. The first-order valence-corrected chi connectivity index (χ1v) is 6.79. The van der Waals surface area contributed by atoms with Crippen molar-refractivity contribution in [2.24, 2.45) is 0 Å². The van der Waals surface area contributed by atoms with Gasteiger partial charge in [0.2, 0.25) is 0 Å². The van der Waals surface area contributed by atoms with E-state index in [9.17, 15) is 13.3 Å². The normalized spacial score (nSPS) is 15.8. The second-order valence-electron chi connectivity index (χ2n) is 5.04. The predicted molar refractivity (Wildman–Crippen MR) is 68.6 cm³/mol. The van der Waals surface area contributed by atoms with E-state index in [0.29, 0.717) is 5.56 Å². The van der Waals surface area contributed by atoms with Gasteiger partial charge in [-0.25, -0.2) is 8.78 Å². The molecule has 2 atom stereocenters. The Morgan fingerprint density at radius 3 is 2.50 bits per heavy atom. The largest absolute Gasteiger partial charge is 0.598 e. The molecule has 0 amide bonds. The maximum Gasteiger partial charge on any atom is 0.280 e. The second-order valence-corrected chi connectivity index (χ2v) is 7.03. The molecule has 1 aromatic rings. The molecule has 0 saturated heterocycles. The van der Waals surface area contributed by atoms with Crippen LogP contribution in [-0.4, -0.2) is 14.3 Å². The number of nitrogens with zero attached hydrogens (tertiary/aromatic N) is 1. The van der Waals surface area contributed by atoms with Gasteiger partial charge < -0.3 is 4.55 Å². The molecule has 1 rings (SSSR count). The Balaban J connectivity index is 2.78. The lowest BCUT2D eigenvalue weighted by atomic mass is 10.1. The Hall–Kier alpha value is -0.720. The van der Waals surface area contributed by atoms with E-state index in [1.54, 1.807) is 13.0 Å². The monoisotopic (exact) mass is 276 g/mol. The smallest absolute Gasteiger partial charge is 0.280 e. The molecule has 18 heavy (non-hydrogen) atoms. The number of hydrogen-bond acceptors (Lipinski definition) is 3. The zero-order valence-electron chi connectivity index (χ0n) is 10.9. The van der Waals surface area contributed by atoms with Gasteiger partial charge in [0.1, 0.15) is 10.4 Å². The zero-order valence-corrected chi connectivity index (χ0v) is 11.7. The van der Waals surface area contributed by atoms with E-state index >= 15 is 0 Å². The lowest BCUT2D eigenvalue weighted by molar-refractivity contribution is 0.146. The van der Waals surface area contributed by atoms with E-state index in [1.807, 2.05) is 20.8 Å². The van der Waals surface area contributed by atoms with Crippen LogP contribution in [0.4, 0.5) is 8.78 Å². The summed E-state index contributed by atoms with van der Waals surface area (Å²) in [7, 11) is 0. The highest BCUT2D eigenvalue weighted by atomic mass is 32.2. The fourth-order valence-corrected chi connectivity index (χ4v) is 2.07. The highest BCUT2D eigenvalue weighted by Crippen LogP contribution is 2.22. The molecule has 0 radical (unpaired) electrons. The summed E-state index contributed by atoms with van der Waals surface area (Å²) in [6, 6.07) is 2.71. The Kier molecular flexibility index (Phi) is 5.07. The van der Waals surface area contributed by atoms with Crippen molar-refractivity contribution in [1.29, 1.82) is 0 Å². The van der Waals surface area contributed by atoms with Crippen LogP contribution in [0.15, 0.2) is 18.3 Å². The van der Waals surface area contributed by atoms with Gasteiger partial charge in [-0.1, -0.05) is 0 Å². The van der Waals surface area contributed by atoms with E-state index < -0.39 is 22.5 Å². The van der Waals surface area contributed by atoms with Crippen LogP contribution in [0, 0.1) is 0 Å². The molecule has 0 bridgehead atoms. The highest BCUT2D eigenvalue weighted by Gasteiger charge is 2.28. The van der Waals surface area contributed by atoms with Crippen molar-refractivity contribution in [3.8, 4) is 0 Å². The number of halogens is 2. The van der Waals surface area contributed by atoms with Crippen molar-refractivity contribution in [3.05, 3.63) is 29.6 Å². The van der Waals surface area contributed by atoms with Gasteiger partial charge in [-0.15, -0.1) is 4.72 Å². The first-order valence-electron chi connectivity index (χ1n) is 5.64. The minimum atomic E-state index is -2.59. The summed E-state index contributed by atoms with van der Waals surface area (Å²) in [6.45, 7) is 7.33. The molecule has 0 unspecified atom stereocenters. The van der Waals surface area contributed by atoms with E-state index in [2.05, 4.69) is 9.71 Å². The van der Waals surface area contributed by atoms with Gasteiger partial charge in [0.15, 0.2) is 0 Å². The summed E-state index contributed by atoms with van der Waals surface area (Å²) in [5.41, 5.74) is 0.389. The van der Waals surface area contributed by atoms with E-state index in [0.717, 1.165) is 0 Å². The Bertz CT molecular complexity index is 396. The third-order valence-corrected chi connectivity index (χ3v) is 4.05. The van der Waals surface area contributed by atoms with Crippen molar-refractivity contribution in [2.75, 3.05) is 0 Å². The molecule has 6 heteroatoms. The lowest BCUT2D eigenvalue weighted by Crippen LogP contribution is -2.40. The van der Waals surface area contributed by atoms with Crippen molar-refractivity contribution < 1.29 is 13.3 Å². The van der Waals surface area contributed by atoms with Gasteiger partial charge in [-0.05, 0) is 45.4 Å². The Morgan fingerprint density at radius 2 is 2.00 bits per heavy atom. The highest BCUT2D eigenvalue weighted by molar-refractivity contribution is 7.90. The summed E-state index contributed by atoms with van der Waals surface area (Å²) < 4.78 is 39.4. The van der Waals surface area contributed by atoms with Crippen LogP contribution in [-0.2, 0) is 11.4 Å². The van der Waals surface area contributed by atoms with Gasteiger partial charge in [0, 0.05) is 17.6 Å². The Labute approximate surface area is 109 Å². The number of pyridine rings is 1. The summed E-state index contributed by atoms with van der Waals surface area (Å²) in [4.78, 5) is 3.60. The van der Waals surface area contributed by atoms with Gasteiger partial charge in [0.25, 0.3) is 6.43 Å². The molecule has 0 fully saturated rings. The molecule has 1 N–H and O–H groups in total. The molecule has 0 aliphatic rings. The molecule has 0 aliphatic heterocycles. The predicted octanol–water partition coefficient (Wildman–Crippen LogP) is 3.13. The van der Waals surface area contributed by atoms with Gasteiger partial charge in [0.05, 0.1) is 6.04 Å². The minimum Gasteiger partial charge on any atom is -0.598 e. The van der Waals surface area contributed by atoms with Crippen LogP contribution in [0.1, 0.15) is 51.4 Å². The number of rotatable bonds is 4. The molecule has 0 aromatic carbocycles. The number of aromatic nitrogens is 1. The second kappa shape index (κ2) is 5.95. The van der Waals surface area contributed by atoms with E-state index in [-0.39, 0.29) is 11.7 Å². The Morgan fingerprint density at radius 1 is 1.39 bits per heavy atom. The average molecular weight is 276 g/mol. The molecular weight excluding hydrogens is 258 g/mol. The fraction of sp³-hybridized carbons (Fsp3) is 0.583. The molecule has 0 aliphatic carbocycles. The van der Waals surface area contributed by atoms with Crippen LogP contribution in [0.3, 0.4) is 0 Å². The molecule has 0 saturated carbocycles. The molecule has 102 valence electrons. The number of hydrogen-bond donors (Lipinski definition) is 1. The molecule has 3 nitrogen and oxygen atoms in total. The van der Waals surface area contributed by atoms with Crippen molar-refractivity contribution in [2.45, 2.75) is 44.9 Å². The number of alkyl halides is 2. The van der Waals surface area contributed by atoms with Crippen LogP contribution in [0.5, 0.6) is 0 Å². The molecular formula is C12H18F2N2OS. The third-order valence-electron chi connectivity index (χ3n) is 2.37. The van der Waals surface area contributed by atoms with Gasteiger partial charge in [-0.3, -0.25) is 4.98 Å². The van der Waals surface area contributed by atoms with Gasteiger partial charge >= 0.3 is 0 Å². The van der Waals surface area contributed by atoms with Crippen LogP contribution >= 0.6 is 0 Å².